The largest absolute Gasteiger partial charge is 0.488 e. The van der Waals surface area contributed by atoms with Gasteiger partial charge < -0.3 is 10.0 Å². The number of allylic oxidation sites excluding steroid dienone is 2. The molecule has 0 heterocycles. The van der Waals surface area contributed by atoms with E-state index in [4.69, 9.17) is 10.0 Å². The summed E-state index contributed by atoms with van der Waals surface area (Å²) in [4.78, 5) is 11.3. The van der Waals surface area contributed by atoms with Gasteiger partial charge in [0.05, 0.1) is 0 Å². The zero-order chi connectivity index (χ0) is 10.6. The van der Waals surface area contributed by atoms with Crippen molar-refractivity contribution in [3.05, 3.63) is 42.0 Å². The summed E-state index contributed by atoms with van der Waals surface area (Å²) in [6, 6.07) is 6.16. The van der Waals surface area contributed by atoms with Crippen molar-refractivity contribution in [1.82, 2.24) is 0 Å². The number of benzene rings is 1. The van der Waals surface area contributed by atoms with Crippen LogP contribution in [0.2, 0.25) is 0 Å². The molecule has 1 aromatic carbocycles. The van der Waals surface area contributed by atoms with E-state index in [0.29, 0.717) is 11.0 Å². The summed E-state index contributed by atoms with van der Waals surface area (Å²) in [6.07, 6.45) is 3.13. The van der Waals surface area contributed by atoms with Crippen LogP contribution in [-0.2, 0) is 0 Å². The molecule has 4 heteroatoms. The number of rotatable bonds is 3. The van der Waals surface area contributed by atoms with Crippen LogP contribution in [0.4, 0.5) is 0 Å². The quantitative estimate of drug-likeness (QED) is 0.404. The van der Waals surface area contributed by atoms with E-state index in [1.54, 1.807) is 25.1 Å². The van der Waals surface area contributed by atoms with Crippen LogP contribution in [0.15, 0.2) is 36.4 Å². The molecule has 0 saturated heterocycles. The molecule has 0 aliphatic carbocycles. The van der Waals surface area contributed by atoms with Gasteiger partial charge in [0.25, 0.3) is 0 Å². The Labute approximate surface area is 82.8 Å². The van der Waals surface area contributed by atoms with E-state index >= 15 is 0 Å². The van der Waals surface area contributed by atoms with Gasteiger partial charge in [0.1, 0.15) is 0 Å². The zero-order valence-electron chi connectivity index (χ0n) is 7.84. The Morgan fingerprint density at radius 2 is 1.86 bits per heavy atom. The Morgan fingerprint density at radius 3 is 2.29 bits per heavy atom. The van der Waals surface area contributed by atoms with Crippen molar-refractivity contribution >= 4 is 18.4 Å². The van der Waals surface area contributed by atoms with Gasteiger partial charge in [0.15, 0.2) is 5.78 Å². The molecule has 0 aromatic heterocycles. The minimum atomic E-state index is -1.49. The topological polar surface area (TPSA) is 57.5 Å². The van der Waals surface area contributed by atoms with Gasteiger partial charge in [-0.2, -0.15) is 0 Å². The highest BCUT2D eigenvalue weighted by molar-refractivity contribution is 6.58. The van der Waals surface area contributed by atoms with Crippen molar-refractivity contribution in [3.8, 4) is 0 Å². The highest BCUT2D eigenvalue weighted by Crippen LogP contribution is 1.99. The number of ketones is 1. The minimum absolute atomic E-state index is 0.0912. The molecule has 0 atom stereocenters. The summed E-state index contributed by atoms with van der Waals surface area (Å²) in [5.74, 6) is -0.0912. The second-order valence-electron chi connectivity index (χ2n) is 2.86. The molecule has 1 rings (SSSR count). The SMILES string of the molecule is C/C=C/C(=O)c1ccc(B(O)O)cc1. The highest BCUT2D eigenvalue weighted by Gasteiger charge is 2.10. The molecule has 1 aromatic rings. The fourth-order valence-electron chi connectivity index (χ4n) is 1.07. The van der Waals surface area contributed by atoms with Crippen LogP contribution in [0.3, 0.4) is 0 Å². The average Bonchev–Trinajstić information content (AvgIpc) is 2.18. The Bertz CT molecular complexity index is 341. The van der Waals surface area contributed by atoms with Crippen LogP contribution in [0.25, 0.3) is 0 Å². The van der Waals surface area contributed by atoms with Crippen molar-refractivity contribution in [2.24, 2.45) is 0 Å². The van der Waals surface area contributed by atoms with Crippen LogP contribution >= 0.6 is 0 Å². The third-order valence-corrected chi connectivity index (χ3v) is 1.81. The summed E-state index contributed by atoms with van der Waals surface area (Å²) in [6.45, 7) is 1.77. The van der Waals surface area contributed by atoms with Gasteiger partial charge >= 0.3 is 7.12 Å². The average molecular weight is 190 g/mol. The van der Waals surface area contributed by atoms with E-state index in [2.05, 4.69) is 0 Å². The fourth-order valence-corrected chi connectivity index (χ4v) is 1.07. The normalized spacial score (nSPS) is 10.5. The molecule has 3 nitrogen and oxygen atoms in total. The molecule has 0 fully saturated rings. The maximum atomic E-state index is 11.3. The van der Waals surface area contributed by atoms with Gasteiger partial charge in [-0.25, -0.2) is 0 Å². The fraction of sp³-hybridized carbons (Fsp3) is 0.100. The van der Waals surface area contributed by atoms with E-state index in [9.17, 15) is 4.79 Å². The van der Waals surface area contributed by atoms with Gasteiger partial charge in [-0.1, -0.05) is 30.3 Å². The Kier molecular flexibility index (Phi) is 3.62. The monoisotopic (exact) mass is 190 g/mol. The summed E-state index contributed by atoms with van der Waals surface area (Å²) in [5, 5.41) is 17.6. The van der Waals surface area contributed by atoms with E-state index in [1.807, 2.05) is 0 Å². The van der Waals surface area contributed by atoms with E-state index in [1.165, 1.54) is 18.2 Å². The number of hydrogen-bond acceptors (Lipinski definition) is 3. The van der Waals surface area contributed by atoms with Crippen molar-refractivity contribution < 1.29 is 14.8 Å². The molecule has 2 N–H and O–H groups in total. The molecule has 0 bridgehead atoms. The Hall–Kier alpha value is -1.39. The number of carbonyl (C=O) groups excluding carboxylic acids is 1. The second kappa shape index (κ2) is 4.74. The van der Waals surface area contributed by atoms with E-state index in [-0.39, 0.29) is 5.78 Å². The summed E-state index contributed by atoms with van der Waals surface area (Å²) in [7, 11) is -1.49. The molecule has 0 aliphatic rings. The Morgan fingerprint density at radius 1 is 1.29 bits per heavy atom. The van der Waals surface area contributed by atoms with Crippen LogP contribution in [0.5, 0.6) is 0 Å². The predicted molar refractivity (Wildman–Crippen MR) is 55.4 cm³/mol. The number of hydrogen-bond donors (Lipinski definition) is 2. The number of carbonyl (C=O) groups is 1. The molecule has 0 aliphatic heterocycles. The van der Waals surface area contributed by atoms with Crippen molar-refractivity contribution in [2.75, 3.05) is 0 Å². The first-order chi connectivity index (χ1) is 6.65. The third-order valence-electron chi connectivity index (χ3n) is 1.81. The lowest BCUT2D eigenvalue weighted by molar-refractivity contribution is 0.104. The first-order valence-corrected chi connectivity index (χ1v) is 4.28. The molecule has 0 amide bonds. The highest BCUT2D eigenvalue weighted by atomic mass is 16.4. The van der Waals surface area contributed by atoms with Crippen molar-refractivity contribution in [2.45, 2.75) is 6.92 Å². The van der Waals surface area contributed by atoms with Crippen LogP contribution in [0.1, 0.15) is 17.3 Å². The summed E-state index contributed by atoms with van der Waals surface area (Å²) < 4.78 is 0. The van der Waals surface area contributed by atoms with Gasteiger partial charge in [-0.05, 0) is 18.5 Å². The van der Waals surface area contributed by atoms with Gasteiger partial charge in [0, 0.05) is 5.56 Å². The van der Waals surface area contributed by atoms with Crippen LogP contribution < -0.4 is 5.46 Å². The minimum Gasteiger partial charge on any atom is -0.423 e. The molecule has 0 spiro atoms. The van der Waals surface area contributed by atoms with E-state index in [0.717, 1.165) is 0 Å². The van der Waals surface area contributed by atoms with Crippen LogP contribution in [-0.4, -0.2) is 22.9 Å². The lowest BCUT2D eigenvalue weighted by Crippen LogP contribution is -2.29. The van der Waals surface area contributed by atoms with Crippen molar-refractivity contribution in [3.63, 3.8) is 0 Å². The summed E-state index contributed by atoms with van der Waals surface area (Å²) in [5.41, 5.74) is 0.912. The molecular formula is C10H11BO3. The van der Waals surface area contributed by atoms with Gasteiger partial charge in [-0.3, -0.25) is 4.79 Å². The maximum absolute atomic E-state index is 11.3. The molecule has 72 valence electrons. The predicted octanol–water partition coefficient (Wildman–Crippen LogP) is 0.125. The molecule has 0 saturated carbocycles. The third kappa shape index (κ3) is 2.55. The standard InChI is InChI=1S/C10H11BO3/c1-2-3-10(12)8-4-6-9(7-5-8)11(13)14/h2-7,13-14H,1H3/b3-2+. The van der Waals surface area contributed by atoms with E-state index < -0.39 is 7.12 Å². The lowest BCUT2D eigenvalue weighted by Gasteiger charge is -1.99. The zero-order valence-corrected chi connectivity index (χ0v) is 7.84. The Balaban J connectivity index is 2.88. The van der Waals surface area contributed by atoms with Crippen molar-refractivity contribution in [1.29, 1.82) is 0 Å². The second-order valence-corrected chi connectivity index (χ2v) is 2.86. The maximum Gasteiger partial charge on any atom is 0.488 e. The van der Waals surface area contributed by atoms with Crippen LogP contribution in [0, 0.1) is 0 Å². The molecule has 0 unspecified atom stereocenters. The van der Waals surface area contributed by atoms with Gasteiger partial charge in [0.2, 0.25) is 0 Å². The molecule has 14 heavy (non-hydrogen) atoms. The first-order valence-electron chi connectivity index (χ1n) is 4.28. The molecule has 0 radical (unpaired) electrons. The molecular weight excluding hydrogens is 179 g/mol. The lowest BCUT2D eigenvalue weighted by atomic mass is 9.80. The first kappa shape index (κ1) is 10.7. The smallest absolute Gasteiger partial charge is 0.423 e. The van der Waals surface area contributed by atoms with Gasteiger partial charge in [-0.15, -0.1) is 0 Å². The summed E-state index contributed by atoms with van der Waals surface area (Å²) >= 11 is 0.